The van der Waals surface area contributed by atoms with Crippen molar-refractivity contribution < 1.29 is 16.5 Å². The van der Waals surface area contributed by atoms with E-state index in [-0.39, 0.29) is 0 Å². The van der Waals surface area contributed by atoms with Crippen LogP contribution >= 0.6 is 0 Å². The van der Waals surface area contributed by atoms with Crippen LogP contribution in [0.3, 0.4) is 0 Å². The minimum Gasteiger partial charge on any atom is -0.425 e. The molecule has 1 saturated heterocycles. The van der Waals surface area contributed by atoms with Crippen molar-refractivity contribution >= 4 is 37.1 Å². The Balaban J connectivity index is 2.98. The van der Waals surface area contributed by atoms with Gasteiger partial charge in [-0.15, -0.1) is 0 Å². The minimum atomic E-state index is -2.24. The molecule has 0 radical (unpaired) electrons. The van der Waals surface area contributed by atoms with Gasteiger partial charge in [0.2, 0.25) is 0 Å². The van der Waals surface area contributed by atoms with Crippen molar-refractivity contribution in [1.29, 1.82) is 0 Å². The van der Waals surface area contributed by atoms with Crippen molar-refractivity contribution in [3.8, 4) is 0 Å². The molecule has 0 atom stereocenters. The zero-order chi connectivity index (χ0) is 23.4. The minimum absolute atomic E-state index is 0.939. The molecule has 0 amide bonds. The Morgan fingerprint density at radius 3 is 1.03 bits per heavy atom. The lowest BCUT2D eigenvalue weighted by molar-refractivity contribution is 0.259. The van der Waals surface area contributed by atoms with Gasteiger partial charge in [0.25, 0.3) is 20.0 Å². The van der Waals surface area contributed by atoms with E-state index in [4.69, 9.17) is 16.5 Å². The lowest BCUT2D eigenvalue weighted by Gasteiger charge is -2.43. The molecule has 8 heteroatoms. The summed E-state index contributed by atoms with van der Waals surface area (Å²) in [7, 11) is -6.36. The fourth-order valence-corrected chi connectivity index (χ4v) is 20.8. The molecule has 0 aliphatic carbocycles. The van der Waals surface area contributed by atoms with E-state index in [2.05, 4.69) is 27.7 Å². The predicted molar refractivity (Wildman–Crippen MR) is 149 cm³/mol. The van der Waals surface area contributed by atoms with Crippen molar-refractivity contribution in [1.82, 2.24) is 0 Å². The zero-order valence-electron chi connectivity index (χ0n) is 22.2. The first-order valence-corrected chi connectivity index (χ1v) is 21.0. The molecule has 1 aliphatic heterocycles. The molecule has 0 bridgehead atoms. The van der Waals surface area contributed by atoms with Gasteiger partial charge < -0.3 is 16.5 Å². The molecule has 0 N–H and O–H groups in total. The fourth-order valence-electron chi connectivity index (χ4n) is 4.76. The van der Waals surface area contributed by atoms with Crippen LogP contribution in [0.15, 0.2) is 0 Å². The topological polar surface area (TPSA) is 36.9 Å². The monoisotopic (exact) mass is 520 g/mol. The van der Waals surface area contributed by atoms with E-state index in [0.717, 1.165) is 0 Å². The van der Waals surface area contributed by atoms with Crippen LogP contribution in [0.1, 0.15) is 130 Å². The van der Waals surface area contributed by atoms with Gasteiger partial charge in [0.1, 0.15) is 0 Å². The second-order valence-electron chi connectivity index (χ2n) is 9.89. The Bertz CT molecular complexity index is 369. The van der Waals surface area contributed by atoms with E-state index in [1.807, 2.05) is 0 Å². The first-order valence-electron chi connectivity index (χ1n) is 14.2. The van der Waals surface area contributed by atoms with Gasteiger partial charge in [0.05, 0.1) is 0 Å². The molecule has 1 aliphatic rings. The van der Waals surface area contributed by atoms with Gasteiger partial charge in [-0.05, 0) is 24.2 Å². The average Bonchev–Trinajstić information content (AvgIpc) is 2.78. The Morgan fingerprint density at radius 2 is 0.750 bits per heavy atom. The zero-order valence-corrected chi connectivity index (χ0v) is 27.0. The third-order valence-corrected chi connectivity index (χ3v) is 20.7. The number of rotatable bonds is 20. The molecular formula is C24H56O4Si4. The molecule has 0 aromatic heterocycles. The van der Waals surface area contributed by atoms with Crippen molar-refractivity contribution in [2.75, 3.05) is 0 Å². The van der Waals surface area contributed by atoms with Crippen molar-refractivity contribution in [2.45, 2.75) is 155 Å². The highest BCUT2D eigenvalue weighted by atomic mass is 28.5. The normalized spacial score (nSPS) is 19.9. The van der Waals surface area contributed by atoms with E-state index in [1.165, 1.54) is 127 Å². The van der Waals surface area contributed by atoms with Crippen LogP contribution in [0.5, 0.6) is 0 Å². The number of hydrogen-bond acceptors (Lipinski definition) is 4. The first kappa shape index (κ1) is 30.7. The quantitative estimate of drug-likeness (QED) is 0.125. The summed E-state index contributed by atoms with van der Waals surface area (Å²) >= 11 is 0. The molecule has 0 saturated carbocycles. The van der Waals surface area contributed by atoms with Crippen LogP contribution in [0, 0.1) is 0 Å². The van der Waals surface area contributed by atoms with E-state index in [1.54, 1.807) is 0 Å². The molecule has 0 unspecified atom stereocenters. The second-order valence-corrected chi connectivity index (χ2v) is 20.8. The SMILES string of the molecule is CCCCCC[Si]1(CCCCCC)O[SiH2]O[SiH2]O[Si](CCCCCC)(CCCCCC)O1. The fraction of sp³-hybridized carbons (Fsp3) is 1.00. The van der Waals surface area contributed by atoms with Crippen molar-refractivity contribution in [3.63, 3.8) is 0 Å². The second kappa shape index (κ2) is 20.0. The van der Waals surface area contributed by atoms with Gasteiger partial charge in [0.15, 0.2) is 0 Å². The van der Waals surface area contributed by atoms with Crippen molar-refractivity contribution in [3.05, 3.63) is 0 Å². The maximum absolute atomic E-state index is 7.41. The lowest BCUT2D eigenvalue weighted by Crippen LogP contribution is -2.58. The molecule has 1 fully saturated rings. The summed E-state index contributed by atoms with van der Waals surface area (Å²) in [6, 6.07) is 4.66. The van der Waals surface area contributed by atoms with Gasteiger partial charge in [-0.3, -0.25) is 0 Å². The Kier molecular flexibility index (Phi) is 19.2. The standard InChI is InChI=1S/C24H56O4Si4/c1-5-9-13-17-21-31(22-18-14-10-6-2)26-29-25-30-27-32(28-31,23-19-15-11-7-3)24-20-16-12-8-4/h5-24,29-30H2,1-4H3. The van der Waals surface area contributed by atoms with Crippen LogP contribution in [0.2, 0.25) is 24.2 Å². The third-order valence-electron chi connectivity index (χ3n) is 6.83. The van der Waals surface area contributed by atoms with E-state index < -0.39 is 37.1 Å². The smallest absolute Gasteiger partial charge is 0.320 e. The van der Waals surface area contributed by atoms with Gasteiger partial charge in [0, 0.05) is 0 Å². The Morgan fingerprint density at radius 1 is 0.438 bits per heavy atom. The molecule has 32 heavy (non-hydrogen) atoms. The largest absolute Gasteiger partial charge is 0.425 e. The van der Waals surface area contributed by atoms with Crippen LogP contribution < -0.4 is 0 Å². The highest BCUT2D eigenvalue weighted by molar-refractivity contribution is 6.85. The molecular weight excluding hydrogens is 465 g/mol. The lowest BCUT2D eigenvalue weighted by atomic mass is 10.2. The average molecular weight is 521 g/mol. The Hall–Kier alpha value is 0.708. The summed E-state index contributed by atoms with van der Waals surface area (Å²) < 4.78 is 27.1. The van der Waals surface area contributed by atoms with Gasteiger partial charge in [-0.2, -0.15) is 0 Å². The van der Waals surface area contributed by atoms with Crippen LogP contribution in [0.4, 0.5) is 0 Å². The molecule has 4 nitrogen and oxygen atoms in total. The van der Waals surface area contributed by atoms with Gasteiger partial charge >= 0.3 is 17.1 Å². The number of hydrogen-bond donors (Lipinski definition) is 0. The summed E-state index contributed by atoms with van der Waals surface area (Å²) in [6.07, 6.45) is 20.7. The van der Waals surface area contributed by atoms with Gasteiger partial charge in [-0.25, -0.2) is 0 Å². The summed E-state index contributed by atoms with van der Waals surface area (Å²) in [5.74, 6) is 0. The summed E-state index contributed by atoms with van der Waals surface area (Å²) in [5, 5.41) is 0. The van der Waals surface area contributed by atoms with Gasteiger partial charge in [-0.1, -0.05) is 130 Å². The van der Waals surface area contributed by atoms with Crippen LogP contribution in [-0.4, -0.2) is 37.1 Å². The molecule has 0 aromatic rings. The summed E-state index contributed by atoms with van der Waals surface area (Å²) in [5.41, 5.74) is 0. The first-order chi connectivity index (χ1) is 15.7. The highest BCUT2D eigenvalue weighted by Gasteiger charge is 2.48. The van der Waals surface area contributed by atoms with Crippen LogP contribution in [0.25, 0.3) is 0 Å². The number of unbranched alkanes of at least 4 members (excludes halogenated alkanes) is 12. The molecule has 0 aromatic carbocycles. The highest BCUT2D eigenvalue weighted by Crippen LogP contribution is 2.35. The van der Waals surface area contributed by atoms with E-state index in [0.29, 0.717) is 0 Å². The van der Waals surface area contributed by atoms with Crippen molar-refractivity contribution in [2.24, 2.45) is 0 Å². The van der Waals surface area contributed by atoms with Crippen LogP contribution in [-0.2, 0) is 16.5 Å². The summed E-state index contributed by atoms with van der Waals surface area (Å²) in [6.45, 7) is 9.18. The van der Waals surface area contributed by atoms with E-state index >= 15 is 0 Å². The Labute approximate surface area is 207 Å². The third kappa shape index (κ3) is 13.6. The molecule has 1 heterocycles. The predicted octanol–water partition coefficient (Wildman–Crippen LogP) is 7.27. The maximum atomic E-state index is 7.41. The maximum Gasteiger partial charge on any atom is 0.320 e. The molecule has 0 spiro atoms. The van der Waals surface area contributed by atoms with E-state index in [9.17, 15) is 0 Å². The summed E-state index contributed by atoms with van der Waals surface area (Å²) in [4.78, 5) is 0. The molecule has 192 valence electrons. The molecule has 1 rings (SSSR count).